The topological polar surface area (TPSA) is 46.0 Å². The van der Waals surface area contributed by atoms with Gasteiger partial charge in [0, 0.05) is 0 Å². The number of halogens is 1. The van der Waals surface area contributed by atoms with Crippen LogP contribution in [-0.2, 0) is 6.61 Å². The standard InChI is InChI=1S/C5H5FN2O/c6-4-1-7-5(3-9)8-2-4/h1-2,9H,3H2. The Hall–Kier alpha value is -1.03. The third-order valence-corrected chi connectivity index (χ3v) is 0.815. The van der Waals surface area contributed by atoms with E-state index in [-0.39, 0.29) is 12.4 Å². The molecule has 4 heteroatoms. The molecule has 1 rings (SSSR count). The SMILES string of the molecule is OCc1ncc(F)cn1. The zero-order valence-electron chi connectivity index (χ0n) is 4.58. The zero-order valence-corrected chi connectivity index (χ0v) is 4.58. The van der Waals surface area contributed by atoms with Crippen LogP contribution in [0.2, 0.25) is 0 Å². The number of nitrogens with zero attached hydrogens (tertiary/aromatic N) is 2. The fourth-order valence-corrected chi connectivity index (χ4v) is 0.421. The summed E-state index contributed by atoms with van der Waals surface area (Å²) in [5, 5.41) is 8.38. The van der Waals surface area contributed by atoms with Crippen molar-refractivity contribution in [3.63, 3.8) is 0 Å². The number of aliphatic hydroxyl groups is 1. The van der Waals surface area contributed by atoms with Crippen molar-refractivity contribution in [2.24, 2.45) is 0 Å². The average Bonchev–Trinajstić information content (AvgIpc) is 1.90. The second-order valence-corrected chi connectivity index (χ2v) is 1.48. The quantitative estimate of drug-likeness (QED) is 0.583. The van der Waals surface area contributed by atoms with Crippen LogP contribution in [0.15, 0.2) is 12.4 Å². The third kappa shape index (κ3) is 1.43. The summed E-state index contributed by atoms with van der Waals surface area (Å²) in [5.74, 6) is -0.261. The van der Waals surface area contributed by atoms with Crippen molar-refractivity contribution in [1.82, 2.24) is 9.97 Å². The predicted molar refractivity (Wildman–Crippen MR) is 27.9 cm³/mol. The van der Waals surface area contributed by atoms with Crippen LogP contribution in [0.25, 0.3) is 0 Å². The molecule has 0 radical (unpaired) electrons. The second-order valence-electron chi connectivity index (χ2n) is 1.48. The van der Waals surface area contributed by atoms with Gasteiger partial charge in [-0.15, -0.1) is 0 Å². The highest BCUT2D eigenvalue weighted by atomic mass is 19.1. The Morgan fingerprint density at radius 2 is 2.00 bits per heavy atom. The molecule has 0 unspecified atom stereocenters. The Balaban J connectivity index is 2.88. The van der Waals surface area contributed by atoms with Crippen molar-refractivity contribution in [1.29, 1.82) is 0 Å². The molecule has 1 heterocycles. The van der Waals surface area contributed by atoms with E-state index in [2.05, 4.69) is 9.97 Å². The van der Waals surface area contributed by atoms with Crippen molar-refractivity contribution < 1.29 is 9.50 Å². The van der Waals surface area contributed by atoms with Gasteiger partial charge in [0.25, 0.3) is 0 Å². The fourth-order valence-electron chi connectivity index (χ4n) is 0.421. The van der Waals surface area contributed by atoms with E-state index >= 15 is 0 Å². The molecule has 0 aromatic carbocycles. The van der Waals surface area contributed by atoms with Gasteiger partial charge in [-0.3, -0.25) is 0 Å². The minimum absolute atomic E-state index is 0.233. The second kappa shape index (κ2) is 2.50. The first kappa shape index (κ1) is 6.10. The summed E-state index contributed by atoms with van der Waals surface area (Å²) >= 11 is 0. The molecule has 1 aromatic heterocycles. The molecule has 1 aromatic rings. The molecule has 3 nitrogen and oxygen atoms in total. The number of rotatable bonds is 1. The van der Waals surface area contributed by atoms with Crippen molar-refractivity contribution in [3.8, 4) is 0 Å². The lowest BCUT2D eigenvalue weighted by atomic mass is 10.6. The van der Waals surface area contributed by atoms with Crippen molar-refractivity contribution in [2.75, 3.05) is 0 Å². The van der Waals surface area contributed by atoms with E-state index in [4.69, 9.17) is 5.11 Å². The summed E-state index contributed by atoms with van der Waals surface area (Å²) in [5.41, 5.74) is 0. The van der Waals surface area contributed by atoms with Crippen LogP contribution in [0.3, 0.4) is 0 Å². The average molecular weight is 128 g/mol. The van der Waals surface area contributed by atoms with Gasteiger partial charge in [-0.25, -0.2) is 14.4 Å². The van der Waals surface area contributed by atoms with Gasteiger partial charge in [0.2, 0.25) is 0 Å². The van der Waals surface area contributed by atoms with Crippen LogP contribution < -0.4 is 0 Å². The molecule has 0 fully saturated rings. The molecule has 0 bridgehead atoms. The Bertz CT molecular complexity index is 187. The lowest BCUT2D eigenvalue weighted by Crippen LogP contribution is -1.93. The maximum absolute atomic E-state index is 12.0. The molecule has 0 aliphatic heterocycles. The summed E-state index contributed by atoms with van der Waals surface area (Å²) in [6, 6.07) is 0. The van der Waals surface area contributed by atoms with Crippen LogP contribution in [0.1, 0.15) is 5.82 Å². The molecule has 0 aliphatic rings. The highest BCUT2D eigenvalue weighted by Crippen LogP contribution is 1.91. The minimum atomic E-state index is -0.493. The van der Waals surface area contributed by atoms with E-state index in [0.29, 0.717) is 0 Å². The molecule has 48 valence electrons. The van der Waals surface area contributed by atoms with Crippen LogP contribution in [-0.4, -0.2) is 15.1 Å². The monoisotopic (exact) mass is 128 g/mol. The summed E-state index contributed by atoms with van der Waals surface area (Å²) in [6.07, 6.45) is 2.02. The maximum Gasteiger partial charge on any atom is 0.159 e. The molecule has 9 heavy (non-hydrogen) atoms. The van der Waals surface area contributed by atoms with Crippen LogP contribution in [0.5, 0.6) is 0 Å². The van der Waals surface area contributed by atoms with Crippen LogP contribution >= 0.6 is 0 Å². The first-order valence-corrected chi connectivity index (χ1v) is 2.40. The highest BCUT2D eigenvalue weighted by Gasteiger charge is 1.91. The Kier molecular flexibility index (Phi) is 1.69. The van der Waals surface area contributed by atoms with Gasteiger partial charge in [-0.2, -0.15) is 0 Å². The van der Waals surface area contributed by atoms with Crippen molar-refractivity contribution in [2.45, 2.75) is 6.61 Å². The molecule has 0 saturated carbocycles. The van der Waals surface area contributed by atoms with Gasteiger partial charge in [-0.1, -0.05) is 0 Å². The fraction of sp³-hybridized carbons (Fsp3) is 0.200. The van der Waals surface area contributed by atoms with E-state index in [9.17, 15) is 4.39 Å². The summed E-state index contributed by atoms with van der Waals surface area (Å²) in [7, 11) is 0. The molecule has 0 spiro atoms. The van der Waals surface area contributed by atoms with E-state index in [1.54, 1.807) is 0 Å². The summed E-state index contributed by atoms with van der Waals surface area (Å²) in [4.78, 5) is 6.92. The first-order chi connectivity index (χ1) is 4.33. The minimum Gasteiger partial charge on any atom is -0.388 e. The molecule has 1 N–H and O–H groups in total. The van der Waals surface area contributed by atoms with Gasteiger partial charge in [0.15, 0.2) is 11.6 Å². The predicted octanol–water partition coefficient (Wildman–Crippen LogP) is 0.108. The molecule has 0 atom stereocenters. The molecular weight excluding hydrogens is 123 g/mol. The van der Waals surface area contributed by atoms with E-state index in [1.807, 2.05) is 0 Å². The smallest absolute Gasteiger partial charge is 0.159 e. The lowest BCUT2D eigenvalue weighted by Gasteiger charge is -1.89. The number of hydrogen-bond donors (Lipinski definition) is 1. The van der Waals surface area contributed by atoms with Crippen LogP contribution in [0, 0.1) is 5.82 Å². The van der Waals surface area contributed by atoms with E-state index in [0.717, 1.165) is 12.4 Å². The number of aliphatic hydroxyl groups excluding tert-OH is 1. The van der Waals surface area contributed by atoms with E-state index in [1.165, 1.54) is 0 Å². The third-order valence-electron chi connectivity index (χ3n) is 0.815. The maximum atomic E-state index is 12.0. The molecule has 0 saturated heterocycles. The molecule has 0 aliphatic carbocycles. The summed E-state index contributed by atoms with van der Waals surface area (Å²) in [6.45, 7) is -0.250. The zero-order chi connectivity index (χ0) is 6.69. The Morgan fingerprint density at radius 1 is 1.44 bits per heavy atom. The Morgan fingerprint density at radius 3 is 2.44 bits per heavy atom. The largest absolute Gasteiger partial charge is 0.388 e. The van der Waals surface area contributed by atoms with Crippen molar-refractivity contribution >= 4 is 0 Å². The first-order valence-electron chi connectivity index (χ1n) is 2.40. The number of aromatic nitrogens is 2. The van der Waals surface area contributed by atoms with Crippen LogP contribution in [0.4, 0.5) is 4.39 Å². The van der Waals surface area contributed by atoms with Gasteiger partial charge < -0.3 is 5.11 Å². The van der Waals surface area contributed by atoms with Crippen molar-refractivity contribution in [3.05, 3.63) is 24.0 Å². The van der Waals surface area contributed by atoms with Gasteiger partial charge in [0.1, 0.15) is 6.61 Å². The Labute approximate surface area is 51.2 Å². The van der Waals surface area contributed by atoms with Gasteiger partial charge in [0.05, 0.1) is 12.4 Å². The normalized spacial score (nSPS) is 9.56. The lowest BCUT2D eigenvalue weighted by molar-refractivity contribution is 0.270. The highest BCUT2D eigenvalue weighted by molar-refractivity contribution is 4.89. The molecular formula is C5H5FN2O. The van der Waals surface area contributed by atoms with Gasteiger partial charge in [-0.05, 0) is 0 Å². The molecule has 0 amide bonds. The van der Waals surface area contributed by atoms with E-state index < -0.39 is 5.82 Å². The summed E-state index contributed by atoms with van der Waals surface area (Å²) < 4.78 is 12.0. The number of hydrogen-bond acceptors (Lipinski definition) is 3. The van der Waals surface area contributed by atoms with Gasteiger partial charge >= 0.3 is 0 Å².